The number of carbonyl (C=O) groups is 1. The Morgan fingerprint density at radius 3 is 2.96 bits per heavy atom. The van der Waals surface area contributed by atoms with Crippen molar-refractivity contribution in [1.82, 2.24) is 5.01 Å². The summed E-state index contributed by atoms with van der Waals surface area (Å²) in [7, 11) is 0. The molecule has 2 aromatic carbocycles. The number of aliphatic imine (C=N–C) groups is 1. The van der Waals surface area contributed by atoms with Gasteiger partial charge in [-0.2, -0.15) is 5.10 Å². The van der Waals surface area contributed by atoms with E-state index in [1.54, 1.807) is 0 Å². The molecule has 0 fully saturated rings. The van der Waals surface area contributed by atoms with E-state index in [9.17, 15) is 14.9 Å². The van der Waals surface area contributed by atoms with Crippen LogP contribution >= 0.6 is 23.4 Å². The van der Waals surface area contributed by atoms with E-state index >= 15 is 0 Å². The predicted octanol–water partition coefficient (Wildman–Crippen LogP) is 4.35. The van der Waals surface area contributed by atoms with Gasteiger partial charge in [-0.25, -0.2) is 10.0 Å². The third kappa shape index (κ3) is 3.58. The fourth-order valence-electron chi connectivity index (χ4n) is 3.02. The Morgan fingerprint density at radius 1 is 1.36 bits per heavy atom. The van der Waals surface area contributed by atoms with Crippen LogP contribution in [0.5, 0.6) is 0 Å². The quantitative estimate of drug-likeness (QED) is 0.590. The number of hydrogen-bond acceptors (Lipinski definition) is 7. The number of nitrogens with zero attached hydrogens (tertiary/aromatic N) is 4. The molecule has 0 aliphatic carbocycles. The van der Waals surface area contributed by atoms with Crippen LogP contribution < -0.4 is 5.32 Å². The zero-order chi connectivity index (χ0) is 19.7. The molecule has 142 valence electrons. The average molecular weight is 416 g/mol. The van der Waals surface area contributed by atoms with E-state index in [4.69, 9.17) is 11.6 Å². The number of hydrazone groups is 1. The van der Waals surface area contributed by atoms with E-state index in [0.717, 1.165) is 17.7 Å². The number of para-hydroxylation sites is 1. The van der Waals surface area contributed by atoms with E-state index in [2.05, 4.69) is 15.4 Å². The van der Waals surface area contributed by atoms with Gasteiger partial charge in [0, 0.05) is 30.3 Å². The van der Waals surface area contributed by atoms with Crippen LogP contribution in [0, 0.1) is 10.1 Å². The average Bonchev–Trinajstić information content (AvgIpc) is 3.18. The number of non-ortho nitro benzene ring substituents is 1. The van der Waals surface area contributed by atoms with E-state index in [1.807, 2.05) is 35.5 Å². The third-order valence-electron chi connectivity index (χ3n) is 4.31. The Morgan fingerprint density at radius 2 is 2.18 bits per heavy atom. The van der Waals surface area contributed by atoms with Crippen molar-refractivity contribution in [2.75, 3.05) is 11.1 Å². The second-order valence-corrected chi connectivity index (χ2v) is 7.46. The molecule has 1 amide bonds. The normalized spacial score (nSPS) is 17.0. The first-order chi connectivity index (χ1) is 13.5. The number of thioether (sulfide) groups is 1. The molecule has 8 nitrogen and oxygen atoms in total. The summed E-state index contributed by atoms with van der Waals surface area (Å²) in [5.41, 5.74) is 2.19. The molecule has 1 N–H and O–H groups in total. The van der Waals surface area contributed by atoms with Gasteiger partial charge in [-0.05, 0) is 12.1 Å². The maximum atomic E-state index is 12.3. The molecule has 28 heavy (non-hydrogen) atoms. The molecule has 1 unspecified atom stereocenters. The van der Waals surface area contributed by atoms with Crippen LogP contribution in [-0.2, 0) is 4.79 Å². The van der Waals surface area contributed by atoms with Crippen molar-refractivity contribution < 1.29 is 9.72 Å². The molecular weight excluding hydrogens is 402 g/mol. The highest BCUT2D eigenvalue weighted by Gasteiger charge is 2.32. The molecule has 0 spiro atoms. The van der Waals surface area contributed by atoms with Gasteiger partial charge in [0.1, 0.15) is 0 Å². The Bertz CT molecular complexity index is 1030. The topological polar surface area (TPSA) is 100 Å². The number of halogens is 1. The van der Waals surface area contributed by atoms with Gasteiger partial charge < -0.3 is 5.32 Å². The lowest BCUT2D eigenvalue weighted by atomic mass is 10.0. The monoisotopic (exact) mass is 415 g/mol. The van der Waals surface area contributed by atoms with Crippen molar-refractivity contribution in [2.24, 2.45) is 10.1 Å². The van der Waals surface area contributed by atoms with Crippen molar-refractivity contribution in [1.29, 1.82) is 0 Å². The highest BCUT2D eigenvalue weighted by molar-refractivity contribution is 8.14. The SMILES string of the molecule is O=C(CSC1=Nc2ccccc2C2CC=NN12)Nc1ccc([N+](=O)[O-])cc1Cl. The molecule has 0 saturated heterocycles. The number of amides is 1. The molecule has 0 bridgehead atoms. The Labute approximate surface area is 169 Å². The minimum atomic E-state index is -0.542. The van der Waals surface area contributed by atoms with Crippen LogP contribution in [0.25, 0.3) is 0 Å². The number of nitro benzene ring substituents is 1. The summed E-state index contributed by atoms with van der Waals surface area (Å²) in [5.74, 6) is -0.186. The summed E-state index contributed by atoms with van der Waals surface area (Å²) in [6.45, 7) is 0. The lowest BCUT2D eigenvalue weighted by Crippen LogP contribution is -2.29. The van der Waals surface area contributed by atoms with Gasteiger partial charge in [0.05, 0.1) is 33.1 Å². The highest BCUT2D eigenvalue weighted by Crippen LogP contribution is 2.40. The minimum Gasteiger partial charge on any atom is -0.324 e. The van der Waals surface area contributed by atoms with Crippen molar-refractivity contribution in [3.63, 3.8) is 0 Å². The summed E-state index contributed by atoms with van der Waals surface area (Å²) >= 11 is 7.30. The number of benzene rings is 2. The highest BCUT2D eigenvalue weighted by atomic mass is 35.5. The number of rotatable bonds is 4. The maximum Gasteiger partial charge on any atom is 0.271 e. The zero-order valence-electron chi connectivity index (χ0n) is 14.4. The Kier molecular flexibility index (Phi) is 5.01. The van der Waals surface area contributed by atoms with Crippen molar-refractivity contribution in [2.45, 2.75) is 12.5 Å². The maximum absolute atomic E-state index is 12.3. The molecule has 2 aliphatic heterocycles. The van der Waals surface area contributed by atoms with Crippen molar-refractivity contribution >= 4 is 57.7 Å². The second-order valence-electron chi connectivity index (χ2n) is 6.11. The first-order valence-corrected chi connectivity index (χ1v) is 9.75. The van der Waals surface area contributed by atoms with Gasteiger partial charge in [-0.3, -0.25) is 14.9 Å². The van der Waals surface area contributed by atoms with Crippen molar-refractivity contribution in [3.05, 3.63) is 63.2 Å². The van der Waals surface area contributed by atoms with Crippen molar-refractivity contribution in [3.8, 4) is 0 Å². The molecule has 0 aromatic heterocycles. The largest absolute Gasteiger partial charge is 0.324 e. The molecule has 2 heterocycles. The van der Waals surface area contributed by atoms with Gasteiger partial charge in [-0.15, -0.1) is 0 Å². The van der Waals surface area contributed by atoms with Gasteiger partial charge in [-0.1, -0.05) is 41.6 Å². The van der Waals surface area contributed by atoms with Crippen LogP contribution in [-0.4, -0.2) is 33.0 Å². The van der Waals surface area contributed by atoms with E-state index in [1.165, 1.54) is 30.0 Å². The molecule has 0 saturated carbocycles. The summed E-state index contributed by atoms with van der Waals surface area (Å²) in [6.07, 6.45) is 2.64. The molecular formula is C18H14ClN5O3S. The zero-order valence-corrected chi connectivity index (χ0v) is 16.0. The number of amidine groups is 1. The molecule has 2 aliphatic rings. The predicted molar refractivity (Wildman–Crippen MR) is 110 cm³/mol. The minimum absolute atomic E-state index is 0.100. The number of anilines is 1. The van der Waals surface area contributed by atoms with Crippen LogP contribution in [0.4, 0.5) is 17.1 Å². The third-order valence-corrected chi connectivity index (χ3v) is 5.56. The molecule has 10 heteroatoms. The smallest absolute Gasteiger partial charge is 0.271 e. The Hall–Kier alpha value is -2.91. The van der Waals surface area contributed by atoms with Crippen LogP contribution in [0.2, 0.25) is 5.02 Å². The van der Waals surface area contributed by atoms with Crippen LogP contribution in [0.1, 0.15) is 18.0 Å². The summed E-state index contributed by atoms with van der Waals surface area (Å²) in [4.78, 5) is 27.2. The van der Waals surface area contributed by atoms with E-state index in [-0.39, 0.29) is 28.4 Å². The first-order valence-electron chi connectivity index (χ1n) is 8.39. The number of carbonyl (C=O) groups excluding carboxylic acids is 1. The number of fused-ring (bicyclic) bond motifs is 3. The van der Waals surface area contributed by atoms with E-state index < -0.39 is 4.92 Å². The lowest BCUT2D eigenvalue weighted by molar-refractivity contribution is -0.384. The fourth-order valence-corrected chi connectivity index (χ4v) is 4.04. The molecule has 0 radical (unpaired) electrons. The second kappa shape index (κ2) is 7.61. The number of nitrogens with one attached hydrogen (secondary N) is 1. The summed E-state index contributed by atoms with van der Waals surface area (Å²) < 4.78 is 0. The Balaban J connectivity index is 1.44. The summed E-state index contributed by atoms with van der Waals surface area (Å²) in [6, 6.07) is 11.9. The summed E-state index contributed by atoms with van der Waals surface area (Å²) in [5, 5.41) is 20.4. The molecule has 2 aromatic rings. The van der Waals surface area contributed by atoms with Crippen LogP contribution in [0.15, 0.2) is 52.6 Å². The number of hydrogen-bond donors (Lipinski definition) is 1. The van der Waals surface area contributed by atoms with E-state index in [0.29, 0.717) is 10.9 Å². The first kappa shape index (κ1) is 18.5. The standard InChI is InChI=1S/C18H14ClN5O3S/c19-13-9-11(24(26)27)5-6-15(13)21-17(25)10-28-18-22-14-4-2-1-3-12(14)16-7-8-20-23(16)18/h1-6,8-9,16H,7,10H2,(H,21,25). The fraction of sp³-hybridized carbons (Fsp3) is 0.167. The van der Waals surface area contributed by atoms with Crippen LogP contribution in [0.3, 0.4) is 0 Å². The lowest BCUT2D eigenvalue weighted by Gasteiger charge is -2.29. The molecule has 1 atom stereocenters. The van der Waals surface area contributed by atoms with Gasteiger partial charge in [0.15, 0.2) is 5.17 Å². The van der Waals surface area contributed by atoms with Gasteiger partial charge in [0.25, 0.3) is 5.69 Å². The molecule has 4 rings (SSSR count). The van der Waals surface area contributed by atoms with Gasteiger partial charge in [0.2, 0.25) is 5.91 Å². The van der Waals surface area contributed by atoms with Gasteiger partial charge >= 0.3 is 0 Å². The number of nitro groups is 1.